The van der Waals surface area contributed by atoms with E-state index in [-0.39, 0.29) is 0 Å². The van der Waals surface area contributed by atoms with Gasteiger partial charge in [-0.25, -0.2) is 0 Å². The van der Waals surface area contributed by atoms with Crippen molar-refractivity contribution in [2.24, 2.45) is 0 Å². The Morgan fingerprint density at radius 3 is 0.766 bits per heavy atom. The second-order valence-electron chi connectivity index (χ2n) is 28.9. The molecule has 0 radical (unpaired) electrons. The summed E-state index contributed by atoms with van der Waals surface area (Å²) in [6.45, 7) is 0. The molecular formula is C100H59N11. The van der Waals surface area contributed by atoms with Crippen LogP contribution in [0, 0.1) is 11.3 Å². The topological polar surface area (TPSA) is 97.0 Å². The van der Waals surface area contributed by atoms with Crippen LogP contribution < -0.4 is 0 Å². The lowest BCUT2D eigenvalue weighted by Crippen LogP contribution is -2.18. The lowest BCUT2D eigenvalue weighted by Gasteiger charge is -2.30. The van der Waals surface area contributed by atoms with Crippen LogP contribution in [0.3, 0.4) is 0 Å². The molecule has 0 saturated heterocycles. The van der Waals surface area contributed by atoms with Crippen molar-refractivity contribution in [1.82, 2.24) is 46.9 Å². The normalized spacial score (nSPS) is 12.1. The zero-order chi connectivity index (χ0) is 72.7. The van der Waals surface area contributed by atoms with Crippen LogP contribution in [0.1, 0.15) is 5.56 Å². The summed E-state index contributed by atoms with van der Waals surface area (Å²) in [6, 6.07) is 126. The smallest absolute Gasteiger partial charge is 0.105 e. The van der Waals surface area contributed by atoms with Crippen molar-refractivity contribution in [1.29, 1.82) is 5.26 Å². The largest absolute Gasteiger partial charge is 0.309 e. The second kappa shape index (κ2) is 23.3. The van der Waals surface area contributed by atoms with Gasteiger partial charge in [0.15, 0.2) is 0 Å². The zero-order valence-electron chi connectivity index (χ0n) is 59.5. The fourth-order valence-electron chi connectivity index (χ4n) is 18.8. The van der Waals surface area contributed by atoms with E-state index in [1.54, 1.807) is 0 Å². The molecular weight excluding hydrogens is 1360 g/mol. The maximum atomic E-state index is 13.5. The molecule has 0 atom stereocenters. The molecule has 0 spiro atoms. The molecule has 0 unspecified atom stereocenters. The highest BCUT2D eigenvalue weighted by atomic mass is 15.2. The summed E-state index contributed by atoms with van der Waals surface area (Å²) in [5, 5.41) is 25.4. The van der Waals surface area contributed by atoms with Crippen molar-refractivity contribution in [3.05, 3.63) is 364 Å². The van der Waals surface area contributed by atoms with Crippen LogP contribution in [0.25, 0.3) is 215 Å². The van der Waals surface area contributed by atoms with E-state index in [1.807, 2.05) is 30.7 Å². The van der Waals surface area contributed by atoms with Crippen molar-refractivity contribution in [3.8, 4) is 68.1 Å². The Balaban J connectivity index is 0.882. The first-order valence-corrected chi connectivity index (χ1v) is 37.5. The Labute approximate surface area is 633 Å². The summed E-state index contributed by atoms with van der Waals surface area (Å²) in [5.74, 6) is 0. The van der Waals surface area contributed by atoms with Gasteiger partial charge in [0.2, 0.25) is 0 Å². The molecule has 0 saturated carbocycles. The van der Waals surface area contributed by atoms with Gasteiger partial charge in [-0.1, -0.05) is 200 Å². The molecule has 0 aliphatic heterocycles. The molecule has 0 N–H and O–H groups in total. The first-order valence-electron chi connectivity index (χ1n) is 37.5. The van der Waals surface area contributed by atoms with Crippen LogP contribution in [0.4, 0.5) is 0 Å². The van der Waals surface area contributed by atoms with E-state index in [0.717, 1.165) is 182 Å². The van der Waals surface area contributed by atoms with Crippen LogP contribution in [-0.4, -0.2) is 46.9 Å². The molecule has 0 amide bonds. The average Bonchev–Trinajstić information content (AvgIpc) is 1.57. The first-order chi connectivity index (χ1) is 55.1. The van der Waals surface area contributed by atoms with Gasteiger partial charge in [0, 0.05) is 89.2 Å². The third-order valence-electron chi connectivity index (χ3n) is 23.3. The molecule has 0 aliphatic carbocycles. The summed E-state index contributed by atoms with van der Waals surface area (Å²) in [6.07, 6.45) is 5.65. The van der Waals surface area contributed by atoms with E-state index in [2.05, 4.69) is 366 Å². The molecule has 111 heavy (non-hydrogen) atoms. The van der Waals surface area contributed by atoms with Gasteiger partial charge in [0.1, 0.15) is 11.6 Å². The van der Waals surface area contributed by atoms with Gasteiger partial charge in [-0.3, -0.25) is 15.0 Å². The van der Waals surface area contributed by atoms with E-state index in [9.17, 15) is 5.26 Å². The lowest BCUT2D eigenvalue weighted by atomic mass is 10.0. The number of fused-ring (bicyclic) bond motifs is 21. The maximum Gasteiger partial charge on any atom is 0.105 e. The SMILES string of the molecule is N#Cc1c(-n2c3ccccc3c3ncccc32)c(-n2c3ccccc3c3cc(-c4cccc(-n5c6ccccc6c6ccccc65)c4)ccc32)c(-n2c3ccccc3c3ncccc32)c(-n2c3ccccc3c3cc(-c4cccc(-n5c6ccccc6c6ccccc65)c4)ccc32)c1-n1c2ccccc2c2ncccc21. The summed E-state index contributed by atoms with van der Waals surface area (Å²) in [7, 11) is 0. The second-order valence-corrected chi connectivity index (χ2v) is 28.9. The highest BCUT2D eigenvalue weighted by molar-refractivity contribution is 6.19. The van der Waals surface area contributed by atoms with Crippen molar-refractivity contribution >= 4 is 153 Å². The minimum absolute atomic E-state index is 0.425. The van der Waals surface area contributed by atoms with Crippen molar-refractivity contribution in [2.45, 2.75) is 0 Å². The Hall–Kier alpha value is -15.4. The molecule has 0 fully saturated rings. The minimum atomic E-state index is 0.425. The number of hydrogen-bond donors (Lipinski definition) is 0. The van der Waals surface area contributed by atoms with E-state index in [1.165, 1.54) is 21.5 Å². The predicted octanol–water partition coefficient (Wildman–Crippen LogP) is 24.8. The Morgan fingerprint density at radius 1 is 0.189 bits per heavy atom. The van der Waals surface area contributed by atoms with Crippen molar-refractivity contribution in [3.63, 3.8) is 0 Å². The van der Waals surface area contributed by atoms with Crippen LogP contribution >= 0.6 is 0 Å². The van der Waals surface area contributed by atoms with Gasteiger partial charge in [0.05, 0.1) is 122 Å². The summed E-state index contributed by atoms with van der Waals surface area (Å²) < 4.78 is 16.9. The Kier molecular flexibility index (Phi) is 12.8. The average molecular weight is 1410 g/mol. The Morgan fingerprint density at radius 2 is 0.432 bits per heavy atom. The third-order valence-corrected chi connectivity index (χ3v) is 23.3. The zero-order valence-corrected chi connectivity index (χ0v) is 59.5. The van der Waals surface area contributed by atoms with Gasteiger partial charge in [-0.15, -0.1) is 0 Å². The molecule has 0 aliphatic rings. The van der Waals surface area contributed by atoms with Crippen LogP contribution in [0.15, 0.2) is 358 Å². The summed E-state index contributed by atoms with van der Waals surface area (Å²) in [4.78, 5) is 15.9. The molecule has 0 bridgehead atoms. The fourth-order valence-corrected chi connectivity index (χ4v) is 18.8. The van der Waals surface area contributed by atoms with E-state index < -0.39 is 0 Å². The number of nitriles is 1. The van der Waals surface area contributed by atoms with Crippen molar-refractivity contribution in [2.75, 3.05) is 0 Å². The fraction of sp³-hybridized carbons (Fsp3) is 0. The van der Waals surface area contributed by atoms with Gasteiger partial charge >= 0.3 is 0 Å². The molecule has 11 nitrogen and oxygen atoms in total. The van der Waals surface area contributed by atoms with Crippen LogP contribution in [-0.2, 0) is 0 Å². The molecule has 11 heteroatoms. The van der Waals surface area contributed by atoms with E-state index >= 15 is 0 Å². The van der Waals surface area contributed by atoms with Gasteiger partial charge in [0.25, 0.3) is 0 Å². The summed E-state index contributed by atoms with van der Waals surface area (Å²) >= 11 is 0. The summed E-state index contributed by atoms with van der Waals surface area (Å²) in [5.41, 5.74) is 26.6. The lowest BCUT2D eigenvalue weighted by molar-refractivity contribution is 0.991. The number of nitrogens with zero attached hydrogens (tertiary/aromatic N) is 11. The minimum Gasteiger partial charge on any atom is -0.309 e. The first kappa shape index (κ1) is 60.8. The number of aromatic nitrogens is 10. The molecule has 10 aromatic heterocycles. The number of hydrogen-bond acceptors (Lipinski definition) is 4. The Bertz CT molecular complexity index is 7520. The molecule has 14 aromatic carbocycles. The molecule has 24 aromatic rings. The molecule has 24 rings (SSSR count). The number of para-hydroxylation sites is 9. The highest BCUT2D eigenvalue weighted by Crippen LogP contribution is 2.53. The maximum absolute atomic E-state index is 13.5. The number of rotatable bonds is 9. The van der Waals surface area contributed by atoms with Gasteiger partial charge in [-0.05, 0) is 162 Å². The molecule has 514 valence electrons. The van der Waals surface area contributed by atoms with E-state index in [0.29, 0.717) is 16.9 Å². The number of pyridine rings is 3. The quantitative estimate of drug-likeness (QED) is 0.144. The molecule has 10 heterocycles. The predicted molar refractivity (Wildman–Crippen MR) is 456 cm³/mol. The number of benzene rings is 14. The van der Waals surface area contributed by atoms with Crippen LogP contribution in [0.2, 0.25) is 0 Å². The van der Waals surface area contributed by atoms with Crippen molar-refractivity contribution < 1.29 is 0 Å². The third kappa shape index (κ3) is 8.52. The van der Waals surface area contributed by atoms with E-state index in [4.69, 9.17) is 15.0 Å². The van der Waals surface area contributed by atoms with Gasteiger partial charge < -0.3 is 32.0 Å². The monoisotopic (exact) mass is 1410 g/mol. The van der Waals surface area contributed by atoms with Gasteiger partial charge in [-0.2, -0.15) is 5.26 Å². The van der Waals surface area contributed by atoms with Crippen LogP contribution in [0.5, 0.6) is 0 Å². The standard InChI is InChI=1S/C100H59N11/c101-60-78-96(109-85-43-16-7-34-73(85)93-90(109)46-21-53-102-93)98(107-83-41-14-5-32-71(83)76-58-63(49-51-88(76)107)61-24-19-26-65(56-61)105-79-37-10-1-28-67(79)68-29-2-11-38-80(68)105)100(111-87-45-18-9-36-75(87)95-92(111)48-23-55-104-95)99(97(78)110-86-44-17-8-35-74(86)94-91(110)47-22-54-103-94)108-84-42-15-6-33-72(84)77-59-64(50-52-89(77)108)62-25-20-27-66(57-62)106-81-39-12-3-30-69(81)70-31-4-13-40-82(70)106/h1-59H. The highest BCUT2D eigenvalue weighted by Gasteiger charge is 2.37.